The number of hydrogen-bond acceptors (Lipinski definition) is 4. The number of aryl methyl sites for hydroxylation is 1. The van der Waals surface area contributed by atoms with Crippen molar-refractivity contribution in [3.05, 3.63) is 29.6 Å². The van der Waals surface area contributed by atoms with Crippen LogP contribution in [0.5, 0.6) is 0 Å². The number of carbonyl (C=O) groups excluding carboxylic acids is 1. The second-order valence-electron chi connectivity index (χ2n) is 5.55. The van der Waals surface area contributed by atoms with Crippen LogP contribution in [-0.2, 0) is 4.79 Å². The molecule has 20 heavy (non-hydrogen) atoms. The maximum absolute atomic E-state index is 12.1. The lowest BCUT2D eigenvalue weighted by molar-refractivity contribution is -0.123. The summed E-state index contributed by atoms with van der Waals surface area (Å²) in [5.41, 5.74) is 2.10. The van der Waals surface area contributed by atoms with Crippen molar-refractivity contribution in [3.8, 4) is 0 Å². The van der Waals surface area contributed by atoms with Crippen molar-refractivity contribution in [2.24, 2.45) is 5.92 Å². The average Bonchev–Trinajstić information content (AvgIpc) is 3.21. The number of likely N-dealkylation sites (N-methyl/N-ethyl adjacent to an activating group) is 1. The first-order valence-corrected chi connectivity index (χ1v) is 7.12. The summed E-state index contributed by atoms with van der Waals surface area (Å²) < 4.78 is 0. The molecule has 5 heteroatoms. The molecule has 0 aromatic carbocycles. The molecule has 0 saturated heterocycles. The molecular formula is C15H23N3O2. The number of carbonyl (C=O) groups is 1. The molecule has 0 bridgehead atoms. The summed E-state index contributed by atoms with van der Waals surface area (Å²) in [5.74, 6) is 0.499. The monoisotopic (exact) mass is 277 g/mol. The van der Waals surface area contributed by atoms with Gasteiger partial charge in [0.25, 0.3) is 0 Å². The first-order valence-electron chi connectivity index (χ1n) is 7.12. The first kappa shape index (κ1) is 14.9. The van der Waals surface area contributed by atoms with Crippen LogP contribution in [0.25, 0.3) is 0 Å². The first-order chi connectivity index (χ1) is 9.61. The van der Waals surface area contributed by atoms with Gasteiger partial charge in [0, 0.05) is 12.7 Å². The predicted octanol–water partition coefficient (Wildman–Crippen LogP) is 0.881. The fraction of sp³-hybridized carbons (Fsp3) is 0.600. The average molecular weight is 277 g/mol. The van der Waals surface area contributed by atoms with Crippen LogP contribution in [0.3, 0.4) is 0 Å². The molecular weight excluding hydrogens is 254 g/mol. The van der Waals surface area contributed by atoms with E-state index < -0.39 is 0 Å². The number of amides is 1. The number of pyridine rings is 1. The van der Waals surface area contributed by atoms with Crippen molar-refractivity contribution in [2.45, 2.75) is 25.8 Å². The van der Waals surface area contributed by atoms with Crippen LogP contribution < -0.4 is 5.32 Å². The van der Waals surface area contributed by atoms with Crippen molar-refractivity contribution in [1.82, 2.24) is 15.2 Å². The molecule has 1 aromatic rings. The predicted molar refractivity (Wildman–Crippen MR) is 77.2 cm³/mol. The molecule has 5 nitrogen and oxygen atoms in total. The van der Waals surface area contributed by atoms with Crippen LogP contribution in [-0.4, -0.2) is 47.6 Å². The normalized spacial score (nSPS) is 16.2. The van der Waals surface area contributed by atoms with E-state index in [1.165, 1.54) is 0 Å². The van der Waals surface area contributed by atoms with Gasteiger partial charge in [-0.15, -0.1) is 0 Å². The topological polar surface area (TPSA) is 65.5 Å². The Balaban J connectivity index is 2.00. The third-order valence-electron chi connectivity index (χ3n) is 3.65. The summed E-state index contributed by atoms with van der Waals surface area (Å²) in [6, 6.07) is 3.97. The molecule has 1 aliphatic rings. The molecule has 1 aromatic heterocycles. The van der Waals surface area contributed by atoms with Gasteiger partial charge in [0.2, 0.25) is 5.91 Å². The summed E-state index contributed by atoms with van der Waals surface area (Å²) >= 11 is 0. The van der Waals surface area contributed by atoms with Gasteiger partial charge in [-0.3, -0.25) is 14.7 Å². The highest BCUT2D eigenvalue weighted by Crippen LogP contribution is 2.41. The van der Waals surface area contributed by atoms with Crippen molar-refractivity contribution < 1.29 is 9.90 Å². The quantitative estimate of drug-likeness (QED) is 0.776. The zero-order valence-corrected chi connectivity index (χ0v) is 12.2. The van der Waals surface area contributed by atoms with Crippen LogP contribution >= 0.6 is 0 Å². The highest BCUT2D eigenvalue weighted by Gasteiger charge is 2.35. The van der Waals surface area contributed by atoms with E-state index in [-0.39, 0.29) is 18.6 Å². The van der Waals surface area contributed by atoms with Gasteiger partial charge in [-0.2, -0.15) is 0 Å². The Kier molecular flexibility index (Phi) is 5.09. The fourth-order valence-electron chi connectivity index (χ4n) is 2.38. The van der Waals surface area contributed by atoms with Crippen LogP contribution in [0.2, 0.25) is 0 Å². The highest BCUT2D eigenvalue weighted by molar-refractivity contribution is 5.78. The molecule has 2 rings (SSSR count). The van der Waals surface area contributed by atoms with Crippen molar-refractivity contribution >= 4 is 5.91 Å². The molecule has 0 spiro atoms. The molecule has 1 heterocycles. The summed E-state index contributed by atoms with van der Waals surface area (Å²) in [6.45, 7) is 2.90. The van der Waals surface area contributed by atoms with Gasteiger partial charge >= 0.3 is 0 Å². The van der Waals surface area contributed by atoms with E-state index in [4.69, 9.17) is 5.11 Å². The van der Waals surface area contributed by atoms with E-state index in [0.717, 1.165) is 24.1 Å². The summed E-state index contributed by atoms with van der Waals surface area (Å²) in [5, 5.41) is 12.0. The maximum Gasteiger partial charge on any atom is 0.234 e. The lowest BCUT2D eigenvalue weighted by Gasteiger charge is -2.21. The second kappa shape index (κ2) is 6.81. The van der Waals surface area contributed by atoms with Crippen LogP contribution in [0.15, 0.2) is 18.3 Å². The number of nitrogens with one attached hydrogen (secondary N) is 1. The number of rotatable bonds is 7. The van der Waals surface area contributed by atoms with E-state index in [1.54, 1.807) is 6.20 Å². The van der Waals surface area contributed by atoms with Gasteiger partial charge in [0.1, 0.15) is 0 Å². The van der Waals surface area contributed by atoms with Crippen molar-refractivity contribution in [2.75, 3.05) is 26.7 Å². The minimum atomic E-state index is -0.0112. The van der Waals surface area contributed by atoms with E-state index in [0.29, 0.717) is 19.0 Å². The van der Waals surface area contributed by atoms with E-state index in [1.807, 2.05) is 31.0 Å². The molecule has 1 fully saturated rings. The fourth-order valence-corrected chi connectivity index (χ4v) is 2.38. The Bertz CT molecular complexity index is 460. The number of aliphatic hydroxyl groups is 1. The molecule has 2 N–H and O–H groups in total. The number of aromatic nitrogens is 1. The maximum atomic E-state index is 12.1. The molecule has 1 atom stereocenters. The Morgan fingerprint density at radius 3 is 2.95 bits per heavy atom. The minimum Gasteiger partial charge on any atom is -0.395 e. The number of aliphatic hydroxyl groups excluding tert-OH is 1. The lowest BCUT2D eigenvalue weighted by atomic mass is 10.0. The standard InChI is InChI=1S/C15H23N3O2/c1-11-4-3-7-16-14(11)15(12-5-6-12)17-13(20)10-18(2)8-9-19/h3-4,7,12,15,19H,5-6,8-10H2,1-2H3,(H,17,20)/t15-/m1/s1. The van der Waals surface area contributed by atoms with E-state index >= 15 is 0 Å². The largest absolute Gasteiger partial charge is 0.395 e. The molecule has 1 aliphatic carbocycles. The molecule has 110 valence electrons. The minimum absolute atomic E-state index is 0.0112. The summed E-state index contributed by atoms with van der Waals surface area (Å²) in [4.78, 5) is 18.3. The third-order valence-corrected chi connectivity index (χ3v) is 3.65. The number of nitrogens with zero attached hydrogens (tertiary/aromatic N) is 2. The Labute approximate surface area is 120 Å². The molecule has 1 saturated carbocycles. The van der Waals surface area contributed by atoms with Crippen LogP contribution in [0.4, 0.5) is 0 Å². The van der Waals surface area contributed by atoms with Gasteiger partial charge in [0.15, 0.2) is 0 Å². The Morgan fingerprint density at radius 1 is 1.60 bits per heavy atom. The zero-order valence-electron chi connectivity index (χ0n) is 12.2. The van der Waals surface area contributed by atoms with E-state index in [9.17, 15) is 4.79 Å². The van der Waals surface area contributed by atoms with Crippen molar-refractivity contribution in [1.29, 1.82) is 0 Å². The van der Waals surface area contributed by atoms with E-state index in [2.05, 4.69) is 10.3 Å². The van der Waals surface area contributed by atoms with Crippen LogP contribution in [0.1, 0.15) is 30.1 Å². The highest BCUT2D eigenvalue weighted by atomic mass is 16.3. The third kappa shape index (κ3) is 4.02. The zero-order chi connectivity index (χ0) is 14.5. The summed E-state index contributed by atoms with van der Waals surface area (Å²) in [7, 11) is 1.83. The van der Waals surface area contributed by atoms with Gasteiger partial charge in [-0.25, -0.2) is 0 Å². The summed E-state index contributed by atoms with van der Waals surface area (Å²) in [6.07, 6.45) is 4.07. The Hall–Kier alpha value is -1.46. The SMILES string of the molecule is Cc1cccnc1[C@H](NC(=O)CN(C)CCO)C1CC1. The van der Waals surface area contributed by atoms with Crippen molar-refractivity contribution in [3.63, 3.8) is 0 Å². The molecule has 1 amide bonds. The lowest BCUT2D eigenvalue weighted by Crippen LogP contribution is -2.39. The smallest absolute Gasteiger partial charge is 0.234 e. The Morgan fingerprint density at radius 2 is 2.35 bits per heavy atom. The van der Waals surface area contributed by atoms with Gasteiger partial charge in [-0.05, 0) is 44.4 Å². The molecule has 0 unspecified atom stereocenters. The van der Waals surface area contributed by atoms with Gasteiger partial charge in [0.05, 0.1) is 24.9 Å². The molecule has 0 radical (unpaired) electrons. The molecule has 0 aliphatic heterocycles. The second-order valence-corrected chi connectivity index (χ2v) is 5.55. The van der Waals surface area contributed by atoms with Gasteiger partial charge < -0.3 is 10.4 Å². The van der Waals surface area contributed by atoms with Gasteiger partial charge in [-0.1, -0.05) is 6.07 Å². The van der Waals surface area contributed by atoms with Crippen LogP contribution in [0, 0.1) is 12.8 Å². The number of hydrogen-bond donors (Lipinski definition) is 2.